The molecule has 2 heterocycles. The summed E-state index contributed by atoms with van der Waals surface area (Å²) in [7, 11) is -3.54. The highest BCUT2D eigenvalue weighted by atomic mass is 32.2. The smallest absolute Gasteiger partial charge is 0.279 e. The first-order valence-electron chi connectivity index (χ1n) is 11.6. The molecule has 176 valence electrons. The second-order valence-electron chi connectivity index (χ2n) is 8.72. The summed E-state index contributed by atoms with van der Waals surface area (Å²) in [6.45, 7) is 8.25. The van der Waals surface area contributed by atoms with E-state index in [1.165, 1.54) is 29.0 Å². The highest BCUT2D eigenvalue weighted by Gasteiger charge is 2.28. The molecule has 0 radical (unpaired) electrons. The van der Waals surface area contributed by atoms with Crippen molar-refractivity contribution >= 4 is 37.5 Å². The maximum Gasteiger partial charge on any atom is 0.279 e. The van der Waals surface area contributed by atoms with Gasteiger partial charge in [-0.3, -0.25) is 4.79 Å². The number of sulfonamides is 1. The van der Waals surface area contributed by atoms with Crippen molar-refractivity contribution < 1.29 is 13.2 Å². The Hall–Kier alpha value is -2.29. The minimum atomic E-state index is -3.54. The standard InChI is InChI=1S/C25H31N3O3S2/c1-4-14-28-22-11-6-19(5-2)17-23(22)32-25(28)26-24(29)20-7-9-21(10-8-20)33(30,31)27-15-12-18(3)13-16-27/h6-11,17-18H,4-5,12-16H2,1-3H3. The molecule has 0 unspecified atom stereocenters. The summed E-state index contributed by atoms with van der Waals surface area (Å²) in [5.74, 6) is 0.189. The van der Waals surface area contributed by atoms with E-state index in [1.807, 2.05) is 0 Å². The number of fused-ring (bicyclic) bond motifs is 1. The van der Waals surface area contributed by atoms with Gasteiger partial charge in [0.2, 0.25) is 10.0 Å². The van der Waals surface area contributed by atoms with Crippen LogP contribution in [0, 0.1) is 5.92 Å². The molecule has 8 heteroatoms. The van der Waals surface area contributed by atoms with Crippen LogP contribution in [0.5, 0.6) is 0 Å². The molecule has 1 fully saturated rings. The topological polar surface area (TPSA) is 71.7 Å². The lowest BCUT2D eigenvalue weighted by molar-refractivity contribution is 0.0997. The van der Waals surface area contributed by atoms with Crippen LogP contribution in [0.4, 0.5) is 0 Å². The average molecular weight is 486 g/mol. The summed E-state index contributed by atoms with van der Waals surface area (Å²) in [4.78, 5) is 18.2. The summed E-state index contributed by atoms with van der Waals surface area (Å²) in [5.41, 5.74) is 2.73. The molecule has 1 aromatic heterocycles. The molecule has 1 saturated heterocycles. The van der Waals surface area contributed by atoms with Gasteiger partial charge in [-0.05, 0) is 73.6 Å². The molecule has 0 N–H and O–H groups in total. The Bertz CT molecular complexity index is 1310. The summed E-state index contributed by atoms with van der Waals surface area (Å²) < 4.78 is 30.7. The second-order valence-corrected chi connectivity index (χ2v) is 11.7. The number of thiazole rings is 1. The van der Waals surface area contributed by atoms with Gasteiger partial charge in [0.15, 0.2) is 4.80 Å². The maximum absolute atomic E-state index is 13.0. The van der Waals surface area contributed by atoms with Crippen molar-refractivity contribution in [3.05, 3.63) is 58.4 Å². The third-order valence-electron chi connectivity index (χ3n) is 6.28. The molecule has 6 nitrogen and oxygen atoms in total. The van der Waals surface area contributed by atoms with Gasteiger partial charge in [-0.25, -0.2) is 8.42 Å². The first-order valence-corrected chi connectivity index (χ1v) is 13.9. The van der Waals surface area contributed by atoms with Crippen LogP contribution in [0.1, 0.15) is 56.0 Å². The predicted octanol–water partition coefficient (Wildman–Crippen LogP) is 4.84. The third kappa shape index (κ3) is 4.98. The van der Waals surface area contributed by atoms with Gasteiger partial charge in [-0.1, -0.05) is 38.2 Å². The lowest BCUT2D eigenvalue weighted by Gasteiger charge is -2.29. The van der Waals surface area contributed by atoms with Crippen LogP contribution < -0.4 is 4.80 Å². The Morgan fingerprint density at radius 2 is 1.79 bits per heavy atom. The fourth-order valence-electron chi connectivity index (χ4n) is 4.16. The van der Waals surface area contributed by atoms with E-state index in [1.54, 1.807) is 16.4 Å². The van der Waals surface area contributed by atoms with E-state index in [9.17, 15) is 13.2 Å². The van der Waals surface area contributed by atoms with Crippen molar-refractivity contribution in [2.45, 2.75) is 57.9 Å². The minimum absolute atomic E-state index is 0.226. The normalized spacial score (nSPS) is 16.5. The first-order chi connectivity index (χ1) is 15.8. The van der Waals surface area contributed by atoms with Crippen molar-refractivity contribution in [1.29, 1.82) is 0 Å². The molecule has 4 rings (SSSR count). The monoisotopic (exact) mass is 485 g/mol. The number of nitrogens with zero attached hydrogens (tertiary/aromatic N) is 3. The molecule has 33 heavy (non-hydrogen) atoms. The van der Waals surface area contributed by atoms with Gasteiger partial charge >= 0.3 is 0 Å². The Balaban J connectivity index is 1.62. The second kappa shape index (κ2) is 9.91. The van der Waals surface area contributed by atoms with E-state index in [2.05, 4.69) is 48.5 Å². The van der Waals surface area contributed by atoms with Crippen molar-refractivity contribution in [1.82, 2.24) is 8.87 Å². The first kappa shape index (κ1) is 23.9. The number of aryl methyl sites for hydroxylation is 2. The fraction of sp³-hybridized carbons (Fsp3) is 0.440. The highest BCUT2D eigenvalue weighted by Crippen LogP contribution is 2.24. The lowest BCUT2D eigenvalue weighted by Crippen LogP contribution is -2.37. The zero-order valence-electron chi connectivity index (χ0n) is 19.5. The van der Waals surface area contributed by atoms with E-state index in [4.69, 9.17) is 0 Å². The fourth-order valence-corrected chi connectivity index (χ4v) is 6.75. The van der Waals surface area contributed by atoms with Crippen molar-refractivity contribution in [3.63, 3.8) is 0 Å². The summed E-state index contributed by atoms with van der Waals surface area (Å²) in [6.07, 6.45) is 3.64. The number of amides is 1. The maximum atomic E-state index is 13.0. The van der Waals surface area contributed by atoms with Crippen LogP contribution in [0.25, 0.3) is 10.2 Å². The van der Waals surface area contributed by atoms with E-state index in [-0.39, 0.29) is 10.8 Å². The molecule has 0 saturated carbocycles. The van der Waals surface area contributed by atoms with E-state index >= 15 is 0 Å². The van der Waals surface area contributed by atoms with Gasteiger partial charge in [0, 0.05) is 25.2 Å². The highest BCUT2D eigenvalue weighted by molar-refractivity contribution is 7.89. The molecular formula is C25H31N3O3S2. The van der Waals surface area contributed by atoms with Gasteiger partial charge in [0.1, 0.15) is 0 Å². The van der Waals surface area contributed by atoms with Crippen molar-refractivity contribution in [2.75, 3.05) is 13.1 Å². The Kier molecular flexibility index (Phi) is 7.16. The van der Waals surface area contributed by atoms with Crippen LogP contribution in [-0.4, -0.2) is 36.3 Å². The zero-order valence-corrected chi connectivity index (χ0v) is 21.1. The molecule has 2 aromatic carbocycles. The Morgan fingerprint density at radius 1 is 1.09 bits per heavy atom. The Labute approximate surface area is 199 Å². The van der Waals surface area contributed by atoms with Gasteiger partial charge in [-0.2, -0.15) is 9.30 Å². The number of piperidine rings is 1. The van der Waals surface area contributed by atoms with Gasteiger partial charge in [0.25, 0.3) is 5.91 Å². The minimum Gasteiger partial charge on any atom is -0.316 e. The van der Waals surface area contributed by atoms with Crippen molar-refractivity contribution in [3.8, 4) is 0 Å². The zero-order chi connectivity index (χ0) is 23.6. The average Bonchev–Trinajstić information content (AvgIpc) is 3.15. The van der Waals surface area contributed by atoms with Gasteiger partial charge < -0.3 is 4.57 Å². The van der Waals surface area contributed by atoms with E-state index in [0.29, 0.717) is 29.4 Å². The molecule has 3 aromatic rings. The Morgan fingerprint density at radius 3 is 2.42 bits per heavy atom. The lowest BCUT2D eigenvalue weighted by atomic mass is 10.0. The van der Waals surface area contributed by atoms with Crippen LogP contribution in [0.2, 0.25) is 0 Å². The SMILES string of the molecule is CCCn1c(=NC(=O)c2ccc(S(=O)(=O)N3CCC(C)CC3)cc2)sc2cc(CC)ccc21. The molecular weight excluding hydrogens is 454 g/mol. The number of hydrogen-bond donors (Lipinski definition) is 0. The number of carbonyl (C=O) groups is 1. The molecule has 1 aliphatic heterocycles. The number of hydrogen-bond acceptors (Lipinski definition) is 4. The van der Waals surface area contributed by atoms with Gasteiger partial charge in [-0.15, -0.1) is 0 Å². The molecule has 1 amide bonds. The van der Waals surface area contributed by atoms with Crippen LogP contribution in [0.15, 0.2) is 52.4 Å². The van der Waals surface area contributed by atoms with Crippen LogP contribution >= 0.6 is 11.3 Å². The number of rotatable bonds is 6. The third-order valence-corrected chi connectivity index (χ3v) is 9.24. The summed E-state index contributed by atoms with van der Waals surface area (Å²) >= 11 is 1.52. The van der Waals surface area contributed by atoms with Gasteiger partial charge in [0.05, 0.1) is 15.1 Å². The van der Waals surface area contributed by atoms with E-state index in [0.717, 1.165) is 42.4 Å². The van der Waals surface area contributed by atoms with Crippen LogP contribution in [0.3, 0.4) is 0 Å². The molecule has 0 spiro atoms. The van der Waals surface area contributed by atoms with E-state index < -0.39 is 10.0 Å². The molecule has 0 atom stereocenters. The molecule has 0 bridgehead atoms. The number of carbonyl (C=O) groups excluding carboxylic acids is 1. The summed E-state index contributed by atoms with van der Waals surface area (Å²) in [6, 6.07) is 12.6. The quantitative estimate of drug-likeness (QED) is 0.502. The van der Waals surface area contributed by atoms with Crippen LogP contribution in [-0.2, 0) is 23.0 Å². The number of aromatic nitrogens is 1. The van der Waals surface area contributed by atoms with Crippen molar-refractivity contribution in [2.24, 2.45) is 10.9 Å². The number of benzene rings is 2. The summed E-state index contributed by atoms with van der Waals surface area (Å²) in [5, 5.41) is 0. The molecule has 1 aliphatic rings. The molecule has 0 aliphatic carbocycles. The predicted molar refractivity (Wildman–Crippen MR) is 133 cm³/mol. The largest absolute Gasteiger partial charge is 0.316 e.